The Balaban J connectivity index is 1.52. The SMILES string of the molecule is Cc1cc(=O)[nH]c(N/N=C/c2cc(C)n(-c3cc(S(=O)(=O)N4CCOCC4)ccc3N3CCCC3)c2C)n1. The largest absolute Gasteiger partial charge is 0.379 e. The molecule has 3 aromatic rings. The molecule has 5 rings (SSSR count). The maximum atomic E-state index is 13.5. The van der Waals surface area contributed by atoms with Gasteiger partial charge in [-0.3, -0.25) is 9.78 Å². The van der Waals surface area contributed by atoms with Crippen molar-refractivity contribution < 1.29 is 13.2 Å². The van der Waals surface area contributed by atoms with Gasteiger partial charge in [-0.05, 0) is 57.9 Å². The minimum absolute atomic E-state index is 0.255. The summed E-state index contributed by atoms with van der Waals surface area (Å²) < 4.78 is 35.9. The van der Waals surface area contributed by atoms with Crippen molar-refractivity contribution in [1.82, 2.24) is 18.8 Å². The first-order valence-corrected chi connectivity index (χ1v) is 14.2. The van der Waals surface area contributed by atoms with Crippen LogP contribution >= 0.6 is 0 Å². The number of hydrogen-bond donors (Lipinski definition) is 2. The number of aromatic nitrogens is 3. The van der Waals surface area contributed by atoms with Gasteiger partial charge in [0.05, 0.1) is 35.7 Å². The van der Waals surface area contributed by atoms with Gasteiger partial charge in [0.2, 0.25) is 16.0 Å². The van der Waals surface area contributed by atoms with E-state index in [0.29, 0.717) is 32.0 Å². The smallest absolute Gasteiger partial charge is 0.252 e. The molecule has 12 heteroatoms. The molecule has 0 atom stereocenters. The van der Waals surface area contributed by atoms with E-state index in [0.717, 1.165) is 54.3 Å². The number of benzene rings is 1. The first kappa shape index (κ1) is 26.1. The molecule has 0 unspecified atom stereocenters. The molecule has 0 radical (unpaired) electrons. The summed E-state index contributed by atoms with van der Waals surface area (Å²) in [4.78, 5) is 21.1. The zero-order chi connectivity index (χ0) is 26.9. The van der Waals surface area contributed by atoms with Crippen LogP contribution in [0.25, 0.3) is 5.69 Å². The molecule has 0 spiro atoms. The van der Waals surface area contributed by atoms with Gasteiger partial charge in [0, 0.05) is 54.9 Å². The number of ether oxygens (including phenoxy) is 1. The maximum absolute atomic E-state index is 13.5. The van der Waals surface area contributed by atoms with Gasteiger partial charge in [-0.25, -0.2) is 18.8 Å². The third-order valence-electron chi connectivity index (χ3n) is 6.96. The van der Waals surface area contributed by atoms with E-state index >= 15 is 0 Å². The first-order valence-electron chi connectivity index (χ1n) is 12.8. The number of H-pyrrole nitrogens is 1. The number of anilines is 2. The van der Waals surface area contributed by atoms with Crippen molar-refractivity contribution in [3.8, 4) is 5.69 Å². The van der Waals surface area contributed by atoms with E-state index in [-0.39, 0.29) is 16.4 Å². The van der Waals surface area contributed by atoms with Crippen LogP contribution in [0.15, 0.2) is 45.1 Å². The topological polar surface area (TPSA) is 125 Å². The number of morpholine rings is 1. The Hall–Kier alpha value is -3.48. The number of sulfonamides is 1. The van der Waals surface area contributed by atoms with Crippen LogP contribution in [-0.2, 0) is 14.8 Å². The molecular formula is C26H33N7O4S. The Kier molecular flexibility index (Phi) is 7.37. The summed E-state index contributed by atoms with van der Waals surface area (Å²) in [6.45, 7) is 9.08. The summed E-state index contributed by atoms with van der Waals surface area (Å²) in [5, 5.41) is 4.28. The van der Waals surface area contributed by atoms with Crippen LogP contribution in [-0.4, -0.2) is 72.9 Å². The van der Waals surface area contributed by atoms with Crippen LogP contribution in [0.3, 0.4) is 0 Å². The second kappa shape index (κ2) is 10.7. The molecule has 0 saturated carbocycles. The summed E-state index contributed by atoms with van der Waals surface area (Å²) in [6.07, 6.45) is 3.89. The van der Waals surface area contributed by atoms with Crippen LogP contribution in [0.5, 0.6) is 0 Å². The lowest BCUT2D eigenvalue weighted by molar-refractivity contribution is 0.0730. The van der Waals surface area contributed by atoms with Gasteiger partial charge in [-0.1, -0.05) is 0 Å². The van der Waals surface area contributed by atoms with Crippen molar-refractivity contribution in [2.24, 2.45) is 5.10 Å². The standard InChI is InChI=1S/C26H33N7O4S/c1-18-14-25(34)29-26(28-18)30-27-17-21-15-19(2)33(20(21)3)24-16-22(6-7-23(24)31-8-4-5-9-31)38(35,36)32-10-12-37-13-11-32/h6-7,14-17H,4-5,8-13H2,1-3H3,(H2,28,29,30,34)/b27-17+. The number of aryl methyl sites for hydroxylation is 2. The van der Waals surface area contributed by atoms with Crippen molar-refractivity contribution in [3.63, 3.8) is 0 Å². The molecule has 2 aliphatic heterocycles. The molecule has 2 fully saturated rings. The highest BCUT2D eigenvalue weighted by atomic mass is 32.2. The second-order valence-electron chi connectivity index (χ2n) is 9.63. The highest BCUT2D eigenvalue weighted by molar-refractivity contribution is 7.89. The van der Waals surface area contributed by atoms with Gasteiger partial charge in [-0.15, -0.1) is 0 Å². The number of nitrogens with one attached hydrogen (secondary N) is 2. The lowest BCUT2D eigenvalue weighted by Crippen LogP contribution is -2.40. The van der Waals surface area contributed by atoms with E-state index in [1.165, 1.54) is 10.4 Å². The van der Waals surface area contributed by atoms with Gasteiger partial charge in [0.1, 0.15) is 0 Å². The lowest BCUT2D eigenvalue weighted by Gasteiger charge is -2.28. The molecule has 11 nitrogen and oxygen atoms in total. The van der Waals surface area contributed by atoms with Crippen LogP contribution < -0.4 is 15.9 Å². The Morgan fingerprint density at radius 3 is 2.47 bits per heavy atom. The predicted octanol–water partition coefficient (Wildman–Crippen LogP) is 2.55. The van der Waals surface area contributed by atoms with Crippen LogP contribution in [0.1, 0.15) is 35.5 Å². The molecule has 202 valence electrons. The summed E-state index contributed by atoms with van der Waals surface area (Å²) in [7, 11) is -3.65. The zero-order valence-corrected chi connectivity index (χ0v) is 22.7. The number of nitrogens with zero attached hydrogens (tertiary/aromatic N) is 5. The minimum Gasteiger partial charge on any atom is -0.379 e. The number of hydrazone groups is 1. The van der Waals surface area contributed by atoms with Crippen LogP contribution in [0, 0.1) is 20.8 Å². The Morgan fingerprint density at radius 1 is 1.03 bits per heavy atom. The van der Waals surface area contributed by atoms with E-state index in [4.69, 9.17) is 4.74 Å². The van der Waals surface area contributed by atoms with Crippen molar-refractivity contribution in [1.29, 1.82) is 0 Å². The van der Waals surface area contributed by atoms with E-state index in [1.807, 2.05) is 26.0 Å². The van der Waals surface area contributed by atoms with Crippen LogP contribution in [0.2, 0.25) is 0 Å². The molecule has 2 aliphatic rings. The fourth-order valence-electron chi connectivity index (χ4n) is 5.09. The molecule has 1 aromatic carbocycles. The summed E-state index contributed by atoms with van der Waals surface area (Å²) >= 11 is 0. The zero-order valence-electron chi connectivity index (χ0n) is 21.9. The number of aromatic amines is 1. The monoisotopic (exact) mass is 539 g/mol. The lowest BCUT2D eigenvalue weighted by atomic mass is 10.2. The summed E-state index contributed by atoms with van der Waals surface area (Å²) in [5.74, 6) is 0.261. The first-order chi connectivity index (χ1) is 18.2. The number of rotatable bonds is 7. The molecule has 0 aliphatic carbocycles. The van der Waals surface area contributed by atoms with Gasteiger partial charge >= 0.3 is 0 Å². The fraction of sp³-hybridized carbons (Fsp3) is 0.423. The molecule has 2 aromatic heterocycles. The highest BCUT2D eigenvalue weighted by Gasteiger charge is 2.28. The molecule has 4 heterocycles. The van der Waals surface area contributed by atoms with Gasteiger partial charge in [0.15, 0.2) is 0 Å². The highest BCUT2D eigenvalue weighted by Crippen LogP contribution is 2.34. The Morgan fingerprint density at radius 2 is 1.76 bits per heavy atom. The van der Waals surface area contributed by atoms with E-state index in [1.54, 1.807) is 25.3 Å². The quantitative estimate of drug-likeness (QED) is 0.349. The Bertz CT molecular complexity index is 1510. The van der Waals surface area contributed by atoms with E-state index in [9.17, 15) is 13.2 Å². The molecule has 38 heavy (non-hydrogen) atoms. The van der Waals surface area contributed by atoms with Crippen molar-refractivity contribution in [3.05, 3.63) is 63.3 Å². The maximum Gasteiger partial charge on any atom is 0.252 e. The fourth-order valence-corrected chi connectivity index (χ4v) is 6.52. The van der Waals surface area contributed by atoms with E-state index in [2.05, 4.69) is 30.0 Å². The number of hydrogen-bond acceptors (Lipinski definition) is 8. The summed E-state index contributed by atoms with van der Waals surface area (Å²) in [6, 6.07) is 8.86. The van der Waals surface area contributed by atoms with Gasteiger partial charge < -0.3 is 14.2 Å². The Labute approximate surface area is 222 Å². The predicted molar refractivity (Wildman–Crippen MR) is 147 cm³/mol. The van der Waals surface area contributed by atoms with Crippen molar-refractivity contribution in [2.75, 3.05) is 49.7 Å². The normalized spacial score (nSPS) is 17.0. The van der Waals surface area contributed by atoms with Crippen LogP contribution in [0.4, 0.5) is 11.6 Å². The molecule has 2 saturated heterocycles. The van der Waals surface area contributed by atoms with Gasteiger partial charge in [-0.2, -0.15) is 9.41 Å². The van der Waals surface area contributed by atoms with E-state index < -0.39 is 10.0 Å². The third-order valence-corrected chi connectivity index (χ3v) is 8.85. The van der Waals surface area contributed by atoms with Gasteiger partial charge in [0.25, 0.3) is 5.56 Å². The average Bonchev–Trinajstić information content (AvgIpc) is 3.52. The minimum atomic E-state index is -3.65. The summed E-state index contributed by atoms with van der Waals surface area (Å²) in [5.41, 5.74) is 7.68. The second-order valence-corrected chi connectivity index (χ2v) is 11.6. The molecule has 2 N–H and O–H groups in total. The average molecular weight is 540 g/mol. The third kappa shape index (κ3) is 5.24. The molecule has 0 amide bonds. The molecule has 0 bridgehead atoms. The molecular weight excluding hydrogens is 506 g/mol. The van der Waals surface area contributed by atoms with Crippen molar-refractivity contribution >= 4 is 27.9 Å². The van der Waals surface area contributed by atoms with Crippen molar-refractivity contribution in [2.45, 2.75) is 38.5 Å².